The maximum absolute atomic E-state index is 12.5. The maximum atomic E-state index is 12.5. The van der Waals surface area contributed by atoms with Crippen molar-refractivity contribution in [1.82, 2.24) is 15.0 Å². The first-order valence-corrected chi connectivity index (χ1v) is 7.85. The van der Waals surface area contributed by atoms with E-state index in [1.54, 1.807) is 19.1 Å². The van der Waals surface area contributed by atoms with Crippen LogP contribution in [-0.4, -0.2) is 18.7 Å². The summed E-state index contributed by atoms with van der Waals surface area (Å²) in [5.41, 5.74) is 1.52. The molecule has 0 radical (unpaired) electrons. The van der Waals surface area contributed by atoms with Gasteiger partial charge in [-0.15, -0.1) is 0 Å². The summed E-state index contributed by atoms with van der Waals surface area (Å²) in [6.07, 6.45) is 0. The van der Waals surface area contributed by atoms with E-state index in [1.165, 1.54) is 6.07 Å². The standard InChI is InChI=1S/C14H13N3O3S/c1-10(11-6-3-2-4-7-11)17-21(18,19)13-9-5-8-12-14(13)16-20-15-12/h2-10,17H,1H3. The molecule has 0 aliphatic heterocycles. The highest BCUT2D eigenvalue weighted by atomic mass is 32.2. The van der Waals surface area contributed by atoms with E-state index in [4.69, 9.17) is 0 Å². The first-order valence-electron chi connectivity index (χ1n) is 6.36. The van der Waals surface area contributed by atoms with Crippen molar-refractivity contribution < 1.29 is 13.0 Å². The molecule has 0 aliphatic carbocycles. The number of nitrogens with zero attached hydrogens (tertiary/aromatic N) is 2. The van der Waals surface area contributed by atoms with Crippen molar-refractivity contribution >= 4 is 21.1 Å². The lowest BCUT2D eigenvalue weighted by molar-refractivity contribution is 0.315. The predicted octanol–water partition coefficient (Wildman–Crippen LogP) is 2.26. The number of sulfonamides is 1. The van der Waals surface area contributed by atoms with Crippen LogP contribution in [0.3, 0.4) is 0 Å². The van der Waals surface area contributed by atoms with Gasteiger partial charge in [0, 0.05) is 6.04 Å². The number of benzene rings is 2. The Morgan fingerprint density at radius 3 is 2.57 bits per heavy atom. The van der Waals surface area contributed by atoms with E-state index in [0.717, 1.165) is 5.56 Å². The summed E-state index contributed by atoms with van der Waals surface area (Å²) in [6.45, 7) is 1.79. The normalized spacial score (nSPS) is 13.4. The Labute approximate surface area is 121 Å². The Morgan fingerprint density at radius 2 is 1.81 bits per heavy atom. The Bertz CT molecular complexity index is 859. The highest BCUT2D eigenvalue weighted by Gasteiger charge is 2.22. The lowest BCUT2D eigenvalue weighted by Gasteiger charge is -2.14. The monoisotopic (exact) mass is 303 g/mol. The van der Waals surface area contributed by atoms with Crippen molar-refractivity contribution in [2.45, 2.75) is 17.9 Å². The highest BCUT2D eigenvalue weighted by molar-refractivity contribution is 7.89. The zero-order chi connectivity index (χ0) is 14.9. The molecule has 0 saturated heterocycles. The topological polar surface area (TPSA) is 85.1 Å². The van der Waals surface area contributed by atoms with Crippen LogP contribution in [0.1, 0.15) is 18.5 Å². The predicted molar refractivity (Wildman–Crippen MR) is 77.0 cm³/mol. The number of fused-ring (bicyclic) bond motifs is 1. The molecule has 3 aromatic rings. The van der Waals surface area contributed by atoms with E-state index in [0.29, 0.717) is 5.52 Å². The van der Waals surface area contributed by atoms with Gasteiger partial charge >= 0.3 is 0 Å². The molecule has 1 aromatic heterocycles. The maximum Gasteiger partial charge on any atom is 0.243 e. The summed E-state index contributed by atoms with van der Waals surface area (Å²) in [6, 6.07) is 13.7. The Balaban J connectivity index is 1.96. The molecule has 0 aliphatic rings. The van der Waals surface area contributed by atoms with Gasteiger partial charge in [-0.3, -0.25) is 0 Å². The second-order valence-electron chi connectivity index (χ2n) is 4.64. The molecule has 0 amide bonds. The van der Waals surface area contributed by atoms with Gasteiger partial charge in [0.1, 0.15) is 10.4 Å². The van der Waals surface area contributed by atoms with Crippen LogP contribution in [0.2, 0.25) is 0 Å². The second kappa shape index (κ2) is 5.27. The van der Waals surface area contributed by atoms with Crippen molar-refractivity contribution in [1.29, 1.82) is 0 Å². The average molecular weight is 303 g/mol. The van der Waals surface area contributed by atoms with E-state index >= 15 is 0 Å². The molecule has 3 rings (SSSR count). The number of hydrogen-bond acceptors (Lipinski definition) is 5. The fourth-order valence-corrected chi connectivity index (χ4v) is 3.49. The highest BCUT2D eigenvalue weighted by Crippen LogP contribution is 2.22. The molecule has 0 spiro atoms. The molecule has 1 N–H and O–H groups in total. The number of aromatic nitrogens is 2. The number of rotatable bonds is 4. The van der Waals surface area contributed by atoms with E-state index in [-0.39, 0.29) is 16.5 Å². The number of hydrogen-bond donors (Lipinski definition) is 1. The summed E-state index contributed by atoms with van der Waals surface area (Å²) in [7, 11) is -3.72. The van der Waals surface area contributed by atoms with Crippen molar-refractivity contribution in [2.24, 2.45) is 0 Å². The average Bonchev–Trinajstić information content (AvgIpc) is 2.95. The molecule has 0 bridgehead atoms. The van der Waals surface area contributed by atoms with Gasteiger partial charge in [0.05, 0.1) is 0 Å². The van der Waals surface area contributed by atoms with E-state index in [9.17, 15) is 8.42 Å². The Hall–Kier alpha value is -2.25. The van der Waals surface area contributed by atoms with Crippen molar-refractivity contribution in [3.8, 4) is 0 Å². The van der Waals surface area contributed by atoms with E-state index in [2.05, 4.69) is 19.7 Å². The molecule has 1 atom stereocenters. The molecule has 0 saturated carbocycles. The SMILES string of the molecule is CC(NS(=O)(=O)c1cccc2nonc12)c1ccccc1. The third-order valence-electron chi connectivity index (χ3n) is 3.17. The zero-order valence-electron chi connectivity index (χ0n) is 11.2. The lowest BCUT2D eigenvalue weighted by atomic mass is 10.1. The first-order chi connectivity index (χ1) is 10.1. The smallest absolute Gasteiger partial charge is 0.243 e. The van der Waals surface area contributed by atoms with Gasteiger partial charge < -0.3 is 0 Å². The van der Waals surface area contributed by atoms with Crippen molar-refractivity contribution in [3.63, 3.8) is 0 Å². The second-order valence-corrected chi connectivity index (χ2v) is 6.32. The minimum atomic E-state index is -3.72. The summed E-state index contributed by atoms with van der Waals surface area (Å²) in [4.78, 5) is 0.0593. The first kappa shape index (κ1) is 13.7. The Kier molecular flexibility index (Phi) is 3.44. The molecule has 108 valence electrons. The van der Waals surface area contributed by atoms with Crippen LogP contribution in [0.25, 0.3) is 11.0 Å². The molecule has 1 unspecified atom stereocenters. The molecule has 7 heteroatoms. The summed E-state index contributed by atoms with van der Waals surface area (Å²) < 4.78 is 32.2. The van der Waals surface area contributed by atoms with Crippen LogP contribution in [0.4, 0.5) is 0 Å². The molecule has 0 fully saturated rings. The summed E-state index contributed by atoms with van der Waals surface area (Å²) in [5.74, 6) is 0. The van der Waals surface area contributed by atoms with E-state index < -0.39 is 10.0 Å². The van der Waals surface area contributed by atoms with Gasteiger partial charge in [0.2, 0.25) is 10.0 Å². The van der Waals surface area contributed by atoms with Crippen LogP contribution in [0.5, 0.6) is 0 Å². The summed E-state index contributed by atoms with van der Waals surface area (Å²) in [5, 5.41) is 7.31. The minimum absolute atomic E-state index is 0.0593. The van der Waals surface area contributed by atoms with Crippen LogP contribution in [0.15, 0.2) is 58.1 Å². The van der Waals surface area contributed by atoms with Gasteiger partial charge in [0.25, 0.3) is 0 Å². The van der Waals surface area contributed by atoms with Crippen LogP contribution >= 0.6 is 0 Å². The largest absolute Gasteiger partial charge is 0.243 e. The van der Waals surface area contributed by atoms with Crippen molar-refractivity contribution in [2.75, 3.05) is 0 Å². The van der Waals surface area contributed by atoms with Crippen LogP contribution in [0, 0.1) is 0 Å². The minimum Gasteiger partial charge on any atom is -0.243 e. The molecule has 1 heterocycles. The molecular weight excluding hydrogens is 290 g/mol. The summed E-state index contributed by atoms with van der Waals surface area (Å²) >= 11 is 0. The fraction of sp³-hybridized carbons (Fsp3) is 0.143. The van der Waals surface area contributed by atoms with Crippen molar-refractivity contribution in [3.05, 3.63) is 54.1 Å². The molecule has 21 heavy (non-hydrogen) atoms. The van der Waals surface area contributed by atoms with Gasteiger partial charge in [0.15, 0.2) is 5.52 Å². The third-order valence-corrected chi connectivity index (χ3v) is 4.74. The van der Waals surface area contributed by atoms with E-state index in [1.807, 2.05) is 30.3 Å². The number of nitrogens with one attached hydrogen (secondary N) is 1. The molecular formula is C14H13N3O3S. The zero-order valence-corrected chi connectivity index (χ0v) is 12.0. The van der Waals surface area contributed by atoms with Gasteiger partial charge in [-0.2, -0.15) is 0 Å². The van der Waals surface area contributed by atoms with Crippen LogP contribution in [-0.2, 0) is 10.0 Å². The van der Waals surface area contributed by atoms with Gasteiger partial charge in [-0.05, 0) is 34.9 Å². The quantitative estimate of drug-likeness (QED) is 0.799. The fourth-order valence-electron chi connectivity index (χ4n) is 2.10. The third kappa shape index (κ3) is 2.65. The lowest BCUT2D eigenvalue weighted by Crippen LogP contribution is -2.27. The van der Waals surface area contributed by atoms with Gasteiger partial charge in [-0.25, -0.2) is 17.8 Å². The van der Waals surface area contributed by atoms with Crippen LogP contribution < -0.4 is 4.72 Å². The molecule has 6 nitrogen and oxygen atoms in total. The van der Waals surface area contributed by atoms with Gasteiger partial charge in [-0.1, -0.05) is 36.4 Å². The Morgan fingerprint density at radius 1 is 1.05 bits per heavy atom. The molecule has 2 aromatic carbocycles.